The number of rotatable bonds is 8. The summed E-state index contributed by atoms with van der Waals surface area (Å²) in [6, 6.07) is 4.46. The van der Waals surface area contributed by atoms with Gasteiger partial charge in [0.15, 0.2) is 11.4 Å². The van der Waals surface area contributed by atoms with Gasteiger partial charge in [0.1, 0.15) is 47.8 Å². The number of aromatic nitrogens is 2. The Balaban J connectivity index is 1.19. The maximum absolute atomic E-state index is 14.9. The van der Waals surface area contributed by atoms with Crippen molar-refractivity contribution in [2.24, 2.45) is 11.8 Å². The lowest BCUT2D eigenvalue weighted by Gasteiger charge is -2.38. The number of carbonyl (C=O) groups is 12. The summed E-state index contributed by atoms with van der Waals surface area (Å²) in [4.78, 5) is 187. The van der Waals surface area contributed by atoms with Gasteiger partial charge in [0, 0.05) is 74.1 Å². The van der Waals surface area contributed by atoms with Gasteiger partial charge in [-0.05, 0) is 98.9 Å². The number of aromatic hydroxyl groups is 2. The second-order valence-electron chi connectivity index (χ2n) is 23.6. The summed E-state index contributed by atoms with van der Waals surface area (Å²) in [7, 11) is 5.34. The Hall–Kier alpha value is -8.54. The van der Waals surface area contributed by atoms with E-state index < -0.39 is 181 Å². The standard InChI is InChI=1S/C62H80Br2N14O14/c1-9-33(3)53-59(89)65-27-41(71-57(87)51-45(79)25-35-23-37(63)17-19-39(35)69-51)61(91)77-21-13-11-15-43(77)55(85)68-30-48(82)74(6)32-50(84)76(8)54(34(4)10-2)60(90)66-28-42(72-58(88)52-46(80)26-36-24-38(64)18-20-40(36)70-52)62(92)78-22-14-12-16-44(78)56(86)67-29-47(81)73(5)31-49(83)75(53)7/h17-20,23-26,33-34,41-44,53-54,79-80H,9-16,21-22,27-32H2,1-8H3,(H,65,89)(H,66,90)(H,67,86)(H,68,85)(H,71,87)(H,72,88)/t33-,34-,41-,42-,43+,44+,53+,54+/m1/s1. The van der Waals surface area contributed by atoms with E-state index in [1.165, 1.54) is 50.1 Å². The van der Waals surface area contributed by atoms with Gasteiger partial charge >= 0.3 is 0 Å². The summed E-state index contributed by atoms with van der Waals surface area (Å²) < 4.78 is 1.35. The van der Waals surface area contributed by atoms with Crippen molar-refractivity contribution in [2.45, 2.75) is 115 Å². The molecule has 3 fully saturated rings. The van der Waals surface area contributed by atoms with E-state index >= 15 is 0 Å². The summed E-state index contributed by atoms with van der Waals surface area (Å²) in [5.74, 6) is -11.6. The molecule has 28 nitrogen and oxygen atoms in total. The van der Waals surface area contributed by atoms with Crippen molar-refractivity contribution >= 4 is 125 Å². The third kappa shape index (κ3) is 17.1. The molecule has 8 N–H and O–H groups in total. The number of carbonyl (C=O) groups excluding carboxylic acids is 12. The molecule has 0 spiro atoms. The zero-order valence-electron chi connectivity index (χ0n) is 52.7. The average Bonchev–Trinajstić information content (AvgIpc) is 0.849. The highest BCUT2D eigenvalue weighted by Crippen LogP contribution is 2.28. The highest BCUT2D eigenvalue weighted by atomic mass is 79.9. The van der Waals surface area contributed by atoms with Crippen LogP contribution in [0.4, 0.5) is 0 Å². The zero-order valence-corrected chi connectivity index (χ0v) is 55.9. The van der Waals surface area contributed by atoms with Crippen LogP contribution in [0.15, 0.2) is 57.5 Å². The lowest BCUT2D eigenvalue weighted by Crippen LogP contribution is -2.61. The van der Waals surface area contributed by atoms with E-state index in [1.54, 1.807) is 64.1 Å². The molecule has 0 bridgehead atoms. The first kappa shape index (κ1) is 70.9. The molecule has 0 aliphatic carbocycles. The first-order valence-electron chi connectivity index (χ1n) is 30.6. The van der Waals surface area contributed by atoms with Gasteiger partial charge in [-0.15, -0.1) is 0 Å². The van der Waals surface area contributed by atoms with E-state index in [0.717, 1.165) is 19.6 Å². The van der Waals surface area contributed by atoms with Crippen molar-refractivity contribution in [3.63, 3.8) is 0 Å². The van der Waals surface area contributed by atoms with Crippen LogP contribution in [0.1, 0.15) is 100 Å². The molecule has 2 aromatic carbocycles. The molecule has 30 heteroatoms. The van der Waals surface area contributed by atoms with E-state index in [4.69, 9.17) is 0 Å². The van der Waals surface area contributed by atoms with Crippen LogP contribution in [0.2, 0.25) is 0 Å². The van der Waals surface area contributed by atoms with Crippen molar-refractivity contribution < 1.29 is 67.7 Å². The maximum atomic E-state index is 14.9. The van der Waals surface area contributed by atoms with Gasteiger partial charge in [-0.2, -0.15) is 0 Å². The first-order valence-corrected chi connectivity index (χ1v) is 32.1. The quantitative estimate of drug-likeness (QED) is 0.124. The largest absolute Gasteiger partial charge is 0.505 e. The molecule has 5 heterocycles. The Labute approximate surface area is 548 Å². The van der Waals surface area contributed by atoms with E-state index in [1.807, 2.05) is 0 Å². The van der Waals surface area contributed by atoms with Gasteiger partial charge in [-0.1, -0.05) is 72.4 Å². The Bertz CT molecular complexity index is 3300. The van der Waals surface area contributed by atoms with Gasteiger partial charge < -0.3 is 71.5 Å². The number of likely N-dealkylation sites (N-methyl/N-ethyl adjacent to an activating group) is 4. The number of benzene rings is 2. The molecule has 3 aliphatic rings. The van der Waals surface area contributed by atoms with Crippen LogP contribution in [-0.4, -0.2) is 237 Å². The fourth-order valence-corrected chi connectivity index (χ4v) is 12.2. The Kier molecular flexibility index (Phi) is 24.4. The van der Waals surface area contributed by atoms with Gasteiger partial charge in [0.05, 0.1) is 37.2 Å². The number of halogens is 2. The highest BCUT2D eigenvalue weighted by Gasteiger charge is 2.41. The maximum Gasteiger partial charge on any atom is 0.274 e. The molecular weight excluding hydrogens is 1320 g/mol. The molecule has 4 aromatic rings. The van der Waals surface area contributed by atoms with Crippen molar-refractivity contribution in [3.8, 4) is 11.5 Å². The van der Waals surface area contributed by atoms with Crippen LogP contribution in [0, 0.1) is 11.8 Å². The van der Waals surface area contributed by atoms with Gasteiger partial charge in [-0.3, -0.25) is 57.5 Å². The van der Waals surface area contributed by atoms with Gasteiger partial charge in [0.2, 0.25) is 59.1 Å². The van der Waals surface area contributed by atoms with Crippen LogP contribution < -0.4 is 31.9 Å². The fraction of sp³-hybridized carbons (Fsp3) is 0.516. The molecule has 8 atom stereocenters. The second-order valence-corrected chi connectivity index (χ2v) is 25.5. The molecule has 0 unspecified atom stereocenters. The molecular formula is C62H80Br2N14O14. The predicted molar refractivity (Wildman–Crippen MR) is 343 cm³/mol. The Morgan fingerprint density at radius 3 is 1.27 bits per heavy atom. The van der Waals surface area contributed by atoms with Crippen molar-refractivity contribution in [1.29, 1.82) is 0 Å². The monoisotopic (exact) mass is 1400 g/mol. The molecule has 7 rings (SSSR count). The first-order chi connectivity index (χ1) is 43.6. The Morgan fingerprint density at radius 1 is 0.543 bits per heavy atom. The van der Waals surface area contributed by atoms with Crippen LogP contribution in [0.25, 0.3) is 21.8 Å². The van der Waals surface area contributed by atoms with Crippen LogP contribution in [-0.2, 0) is 47.9 Å². The minimum Gasteiger partial charge on any atom is -0.505 e. The van der Waals surface area contributed by atoms with Crippen molar-refractivity contribution in [3.05, 3.63) is 68.9 Å². The minimum absolute atomic E-state index is 0.00437. The molecule has 2 aromatic heterocycles. The highest BCUT2D eigenvalue weighted by molar-refractivity contribution is 9.10. The van der Waals surface area contributed by atoms with Gasteiger partial charge in [-0.25, -0.2) is 9.97 Å². The van der Waals surface area contributed by atoms with Crippen molar-refractivity contribution in [1.82, 2.24) is 71.3 Å². The number of hydrogen-bond donors (Lipinski definition) is 8. The van der Waals surface area contributed by atoms with E-state index in [9.17, 15) is 67.7 Å². The van der Waals surface area contributed by atoms with E-state index in [-0.39, 0.29) is 25.9 Å². The lowest BCUT2D eigenvalue weighted by atomic mass is 9.96. The number of fused-ring (bicyclic) bond motifs is 4. The van der Waals surface area contributed by atoms with Crippen LogP contribution >= 0.6 is 31.9 Å². The Morgan fingerprint density at radius 2 is 0.913 bits per heavy atom. The van der Waals surface area contributed by atoms with Gasteiger partial charge in [0.25, 0.3) is 11.8 Å². The SMILES string of the molecule is CC[C@@H](C)[C@H]1C(=O)NC[C@@H](NC(=O)c2nc3ccc(Br)cc3cc2O)C(=O)N2CCCC[C@H]2C(=O)NCC(=O)N(C)CC(=O)N(C)[C@@H]([C@H](C)CC)C(=O)NC[C@@H](NC(=O)c2nc3ccc(Br)cc3cc2O)C(=O)N2CCCC[C@H]2C(=O)NCC(=O)N(C)CC(=O)N1C. The lowest BCUT2D eigenvalue weighted by molar-refractivity contribution is -0.146. The fourth-order valence-electron chi connectivity index (χ4n) is 11.4. The van der Waals surface area contributed by atoms with Crippen molar-refractivity contribution in [2.75, 3.05) is 80.5 Å². The minimum atomic E-state index is -1.62. The number of hydrogen-bond acceptors (Lipinski definition) is 16. The van der Waals surface area contributed by atoms with E-state index in [0.29, 0.717) is 69.3 Å². The molecule has 3 saturated heterocycles. The third-order valence-electron chi connectivity index (χ3n) is 17.2. The molecule has 3 aliphatic heterocycles. The van der Waals surface area contributed by atoms with Crippen LogP contribution in [0.5, 0.6) is 11.5 Å². The van der Waals surface area contributed by atoms with Crippen LogP contribution in [0.3, 0.4) is 0 Å². The summed E-state index contributed by atoms with van der Waals surface area (Å²) in [6.07, 6.45) is 2.76. The smallest absolute Gasteiger partial charge is 0.274 e. The normalized spacial score (nSPS) is 23.1. The molecule has 496 valence electrons. The number of pyridine rings is 2. The third-order valence-corrected chi connectivity index (χ3v) is 18.2. The molecule has 0 radical (unpaired) electrons. The average molecular weight is 1410 g/mol. The number of amides is 12. The molecule has 92 heavy (non-hydrogen) atoms. The topological polar surface area (TPSA) is 363 Å². The number of nitrogens with zero attached hydrogens (tertiary/aromatic N) is 8. The zero-order chi connectivity index (χ0) is 67.4. The summed E-state index contributed by atoms with van der Waals surface area (Å²) in [6.45, 7) is 3.36. The summed E-state index contributed by atoms with van der Waals surface area (Å²) in [5, 5.41) is 38.9. The van der Waals surface area contributed by atoms with E-state index in [2.05, 4.69) is 73.7 Å². The number of nitrogens with one attached hydrogen (secondary N) is 6. The predicted octanol–water partition coefficient (Wildman–Crippen LogP) is 1.52. The summed E-state index contributed by atoms with van der Waals surface area (Å²) >= 11 is 6.75. The molecule has 12 amide bonds. The second kappa shape index (κ2) is 31.7. The summed E-state index contributed by atoms with van der Waals surface area (Å²) in [5.41, 5.74) is -0.248. The number of piperidine rings is 2. The molecule has 0 saturated carbocycles.